The van der Waals surface area contributed by atoms with E-state index in [0.29, 0.717) is 17.4 Å². The van der Waals surface area contributed by atoms with Gasteiger partial charge in [0.05, 0.1) is 7.11 Å². The molecule has 3 nitrogen and oxygen atoms in total. The minimum atomic E-state index is 0.172. The molecule has 0 radical (unpaired) electrons. The second-order valence-corrected chi connectivity index (χ2v) is 5.70. The molecule has 2 aromatic carbocycles. The third kappa shape index (κ3) is 5.70. The summed E-state index contributed by atoms with van der Waals surface area (Å²) in [5.41, 5.74) is 3.21. The number of aromatic hydroxyl groups is 2. The molecule has 3 heteroatoms. The molecule has 0 saturated carbocycles. The van der Waals surface area contributed by atoms with Gasteiger partial charge in [-0.3, -0.25) is 0 Å². The van der Waals surface area contributed by atoms with Gasteiger partial charge in [0.25, 0.3) is 0 Å². The summed E-state index contributed by atoms with van der Waals surface area (Å²) in [5, 5.41) is 18.6. The van der Waals surface area contributed by atoms with Gasteiger partial charge in [-0.2, -0.15) is 0 Å². The number of phenols is 2. The summed E-state index contributed by atoms with van der Waals surface area (Å²) in [7, 11) is 1.53. The maximum absolute atomic E-state index is 9.35. The van der Waals surface area contributed by atoms with Crippen molar-refractivity contribution in [2.75, 3.05) is 7.11 Å². The predicted octanol–water partition coefficient (Wildman–Crippen LogP) is 4.95. The summed E-state index contributed by atoms with van der Waals surface area (Å²) in [5.74, 6) is 1.57. The molecule has 2 N–H and O–H groups in total. The second-order valence-electron chi connectivity index (χ2n) is 5.70. The van der Waals surface area contributed by atoms with E-state index in [9.17, 15) is 10.2 Å². The van der Waals surface area contributed by atoms with Gasteiger partial charge in [-0.1, -0.05) is 38.1 Å². The molecule has 0 aromatic heterocycles. The molecule has 0 unspecified atom stereocenters. The summed E-state index contributed by atoms with van der Waals surface area (Å²) in [6.07, 6.45) is 2.60. The van der Waals surface area contributed by atoms with Crippen LogP contribution in [-0.2, 0) is 6.42 Å². The van der Waals surface area contributed by atoms with Crippen LogP contribution in [0, 0.1) is 6.92 Å². The first-order chi connectivity index (χ1) is 10.9. The Morgan fingerprint density at radius 3 is 2.30 bits per heavy atom. The van der Waals surface area contributed by atoms with E-state index in [4.69, 9.17) is 4.74 Å². The third-order valence-corrected chi connectivity index (χ3v) is 3.52. The number of methoxy groups -OCH3 is 1. The van der Waals surface area contributed by atoms with E-state index in [1.54, 1.807) is 12.1 Å². The van der Waals surface area contributed by atoms with Gasteiger partial charge in [0.2, 0.25) is 0 Å². The van der Waals surface area contributed by atoms with Crippen LogP contribution in [0.2, 0.25) is 0 Å². The number of allylic oxidation sites excluding steroid dienone is 1. The van der Waals surface area contributed by atoms with Crippen molar-refractivity contribution in [1.82, 2.24) is 0 Å². The second kappa shape index (κ2) is 8.89. The zero-order valence-electron chi connectivity index (χ0n) is 14.3. The lowest BCUT2D eigenvalue weighted by molar-refractivity contribution is 0.373. The Balaban J connectivity index is 0.000000231. The van der Waals surface area contributed by atoms with Crippen molar-refractivity contribution in [3.05, 3.63) is 65.7 Å². The minimum absolute atomic E-state index is 0.172. The number of benzene rings is 2. The van der Waals surface area contributed by atoms with Gasteiger partial charge in [0.1, 0.15) is 5.75 Å². The average molecular weight is 314 g/mol. The molecule has 0 aliphatic heterocycles. The number of hydrogen-bond acceptors (Lipinski definition) is 3. The Hall–Kier alpha value is -2.42. The van der Waals surface area contributed by atoms with Crippen LogP contribution in [0.3, 0.4) is 0 Å². The standard InChI is InChI=1S/C10H12O2.C10H14O/c1-3-4-8-5-6-9(11)10(7-8)12-2;1-7(2)9-5-4-8(3)10(11)6-9/h3,5-7,11H,1,4H2,2H3;4-7,11H,1-3H3. The van der Waals surface area contributed by atoms with Gasteiger partial charge in [0, 0.05) is 0 Å². The topological polar surface area (TPSA) is 49.7 Å². The van der Waals surface area contributed by atoms with Gasteiger partial charge < -0.3 is 14.9 Å². The maximum Gasteiger partial charge on any atom is 0.160 e. The molecule has 0 saturated heterocycles. The SMILES string of the molecule is C=CCc1ccc(O)c(OC)c1.Cc1ccc(C(C)C)cc1O. The molecule has 0 atom stereocenters. The summed E-state index contributed by atoms with van der Waals surface area (Å²) < 4.78 is 4.95. The molecule has 23 heavy (non-hydrogen) atoms. The quantitative estimate of drug-likeness (QED) is 0.785. The van der Waals surface area contributed by atoms with Gasteiger partial charge in [0.15, 0.2) is 11.5 Å². The minimum Gasteiger partial charge on any atom is -0.508 e. The molecule has 0 spiro atoms. The molecule has 0 fully saturated rings. The van der Waals surface area contributed by atoms with Crippen LogP contribution in [0.15, 0.2) is 49.1 Å². The molecular weight excluding hydrogens is 288 g/mol. The fraction of sp³-hybridized carbons (Fsp3) is 0.300. The molecule has 124 valence electrons. The van der Waals surface area contributed by atoms with Gasteiger partial charge in [-0.05, 0) is 54.2 Å². The first-order valence-electron chi connectivity index (χ1n) is 7.65. The average Bonchev–Trinajstić information content (AvgIpc) is 2.52. The monoisotopic (exact) mass is 314 g/mol. The number of aryl methyl sites for hydroxylation is 1. The molecular formula is C20H26O3. The Labute approximate surface area is 138 Å². The van der Waals surface area contributed by atoms with E-state index in [0.717, 1.165) is 17.5 Å². The maximum atomic E-state index is 9.35. The zero-order valence-corrected chi connectivity index (χ0v) is 14.3. The van der Waals surface area contributed by atoms with Crippen LogP contribution in [-0.4, -0.2) is 17.3 Å². The van der Waals surface area contributed by atoms with Crippen LogP contribution in [0.1, 0.15) is 36.5 Å². The van der Waals surface area contributed by atoms with E-state index >= 15 is 0 Å². The molecule has 0 amide bonds. The number of ether oxygens (including phenoxy) is 1. The van der Waals surface area contributed by atoms with Crippen molar-refractivity contribution in [2.24, 2.45) is 0 Å². The number of phenolic OH excluding ortho intramolecular Hbond substituents is 2. The van der Waals surface area contributed by atoms with E-state index < -0.39 is 0 Å². The van der Waals surface area contributed by atoms with E-state index in [1.165, 1.54) is 12.7 Å². The van der Waals surface area contributed by atoms with Gasteiger partial charge in [-0.15, -0.1) is 6.58 Å². The highest BCUT2D eigenvalue weighted by molar-refractivity contribution is 5.42. The summed E-state index contributed by atoms with van der Waals surface area (Å²) in [6.45, 7) is 9.76. The molecule has 2 rings (SSSR count). The Kier molecular flexibility index (Phi) is 7.20. The normalized spacial score (nSPS) is 9.96. The first-order valence-corrected chi connectivity index (χ1v) is 7.65. The van der Waals surface area contributed by atoms with Gasteiger partial charge >= 0.3 is 0 Å². The fourth-order valence-electron chi connectivity index (χ4n) is 2.00. The number of rotatable bonds is 4. The lowest BCUT2D eigenvalue weighted by Gasteiger charge is -2.06. The Morgan fingerprint density at radius 1 is 1.09 bits per heavy atom. The molecule has 0 aliphatic carbocycles. The van der Waals surface area contributed by atoms with Crippen molar-refractivity contribution in [3.8, 4) is 17.2 Å². The Morgan fingerprint density at radius 2 is 1.78 bits per heavy atom. The highest BCUT2D eigenvalue weighted by atomic mass is 16.5. The number of hydrogen-bond donors (Lipinski definition) is 2. The highest BCUT2D eigenvalue weighted by Gasteiger charge is 2.01. The summed E-state index contributed by atoms with van der Waals surface area (Å²) in [6, 6.07) is 11.1. The van der Waals surface area contributed by atoms with Crippen LogP contribution >= 0.6 is 0 Å². The van der Waals surface area contributed by atoms with Crippen molar-refractivity contribution in [3.63, 3.8) is 0 Å². The first kappa shape index (κ1) is 18.6. The fourth-order valence-corrected chi connectivity index (χ4v) is 2.00. The summed E-state index contributed by atoms with van der Waals surface area (Å²) in [4.78, 5) is 0. The molecule has 0 heterocycles. The summed E-state index contributed by atoms with van der Waals surface area (Å²) >= 11 is 0. The van der Waals surface area contributed by atoms with Crippen molar-refractivity contribution in [2.45, 2.75) is 33.1 Å². The Bertz CT molecular complexity index is 645. The lowest BCUT2D eigenvalue weighted by atomic mass is 10.0. The third-order valence-electron chi connectivity index (χ3n) is 3.52. The van der Waals surface area contributed by atoms with Crippen molar-refractivity contribution in [1.29, 1.82) is 0 Å². The predicted molar refractivity (Wildman–Crippen MR) is 95.5 cm³/mol. The molecule has 2 aromatic rings. The smallest absolute Gasteiger partial charge is 0.160 e. The molecule has 0 bridgehead atoms. The molecule has 0 aliphatic rings. The van der Waals surface area contributed by atoms with Crippen molar-refractivity contribution >= 4 is 0 Å². The highest BCUT2D eigenvalue weighted by Crippen LogP contribution is 2.26. The van der Waals surface area contributed by atoms with Crippen molar-refractivity contribution < 1.29 is 14.9 Å². The van der Waals surface area contributed by atoms with E-state index in [2.05, 4.69) is 26.5 Å². The lowest BCUT2D eigenvalue weighted by Crippen LogP contribution is -1.86. The van der Waals surface area contributed by atoms with Crippen LogP contribution < -0.4 is 4.74 Å². The van der Waals surface area contributed by atoms with Crippen LogP contribution in [0.25, 0.3) is 0 Å². The van der Waals surface area contributed by atoms with E-state index in [-0.39, 0.29) is 5.75 Å². The zero-order chi connectivity index (χ0) is 17.4. The van der Waals surface area contributed by atoms with Gasteiger partial charge in [-0.25, -0.2) is 0 Å². The largest absolute Gasteiger partial charge is 0.508 e. The van der Waals surface area contributed by atoms with E-state index in [1.807, 2.05) is 31.2 Å². The van der Waals surface area contributed by atoms with Crippen LogP contribution in [0.4, 0.5) is 0 Å². The van der Waals surface area contributed by atoms with Crippen LogP contribution in [0.5, 0.6) is 17.2 Å².